The fourth-order valence-corrected chi connectivity index (χ4v) is 3.64. The predicted octanol–water partition coefficient (Wildman–Crippen LogP) is 3.48. The number of ketones is 1. The molecule has 1 fully saturated rings. The van der Waals surface area contributed by atoms with Crippen LogP contribution in [0, 0.1) is 5.92 Å². The van der Waals surface area contributed by atoms with E-state index in [4.69, 9.17) is 18.9 Å². The monoisotopic (exact) mass is 340 g/mol. The van der Waals surface area contributed by atoms with E-state index in [1.54, 1.807) is 19.3 Å². The molecule has 0 bridgehead atoms. The Bertz CT molecular complexity index is 806. The zero-order valence-electron chi connectivity index (χ0n) is 14.3. The van der Waals surface area contributed by atoms with Gasteiger partial charge < -0.3 is 18.9 Å². The second-order valence-corrected chi connectivity index (χ2v) is 6.50. The van der Waals surface area contributed by atoms with Gasteiger partial charge in [-0.25, -0.2) is 0 Å². The lowest BCUT2D eigenvalue weighted by molar-refractivity contribution is -0.130. The van der Waals surface area contributed by atoms with Crippen LogP contribution in [0.15, 0.2) is 54.3 Å². The number of hydrogen-bond donors (Lipinski definition) is 0. The van der Waals surface area contributed by atoms with E-state index in [0.29, 0.717) is 12.2 Å². The average Bonchev–Trinajstić information content (AvgIpc) is 3.20. The first-order valence-corrected chi connectivity index (χ1v) is 8.29. The molecule has 3 atom stereocenters. The molecule has 0 radical (unpaired) electrons. The van der Waals surface area contributed by atoms with Crippen LogP contribution in [0.25, 0.3) is 0 Å². The van der Waals surface area contributed by atoms with Crippen LogP contribution in [0.1, 0.15) is 25.0 Å². The number of methoxy groups -OCH3 is 1. The molecule has 0 unspecified atom stereocenters. The summed E-state index contributed by atoms with van der Waals surface area (Å²) in [5.74, 6) is 2.05. The van der Waals surface area contributed by atoms with Gasteiger partial charge in [-0.05, 0) is 23.8 Å². The number of benzene rings is 1. The van der Waals surface area contributed by atoms with E-state index < -0.39 is 5.60 Å². The Kier molecular flexibility index (Phi) is 3.69. The largest absolute Gasteiger partial charge is 0.485 e. The molecule has 3 aliphatic rings. The summed E-state index contributed by atoms with van der Waals surface area (Å²) < 4.78 is 22.5. The molecule has 0 spiro atoms. The van der Waals surface area contributed by atoms with Crippen molar-refractivity contribution in [2.75, 3.05) is 13.9 Å². The van der Waals surface area contributed by atoms with Crippen molar-refractivity contribution in [3.05, 3.63) is 59.9 Å². The Morgan fingerprint density at radius 1 is 1.36 bits per heavy atom. The van der Waals surface area contributed by atoms with Gasteiger partial charge in [0, 0.05) is 31.1 Å². The normalized spacial score (nSPS) is 29.6. The fourth-order valence-electron chi connectivity index (χ4n) is 3.64. The summed E-state index contributed by atoms with van der Waals surface area (Å²) >= 11 is 0. The van der Waals surface area contributed by atoms with E-state index >= 15 is 0 Å². The molecule has 1 aromatic carbocycles. The summed E-state index contributed by atoms with van der Waals surface area (Å²) in [6.45, 7) is 6.07. The molecule has 2 heterocycles. The van der Waals surface area contributed by atoms with E-state index in [0.717, 1.165) is 22.6 Å². The lowest BCUT2D eigenvalue weighted by Gasteiger charge is -2.29. The third-order valence-corrected chi connectivity index (χ3v) is 5.09. The molecule has 0 N–H and O–H groups in total. The van der Waals surface area contributed by atoms with E-state index in [2.05, 4.69) is 13.5 Å². The van der Waals surface area contributed by atoms with Gasteiger partial charge in [-0.2, -0.15) is 0 Å². The maximum atomic E-state index is 12.6. The molecule has 5 heteroatoms. The van der Waals surface area contributed by atoms with E-state index in [-0.39, 0.29) is 24.6 Å². The zero-order chi connectivity index (χ0) is 17.6. The van der Waals surface area contributed by atoms with Gasteiger partial charge in [0.05, 0.1) is 0 Å². The quantitative estimate of drug-likeness (QED) is 0.786. The summed E-state index contributed by atoms with van der Waals surface area (Å²) in [7, 11) is 1.55. The number of allylic oxidation sites excluding steroid dienone is 1. The summed E-state index contributed by atoms with van der Waals surface area (Å²) in [6.07, 6.45) is 5.39. The van der Waals surface area contributed by atoms with Gasteiger partial charge in [-0.3, -0.25) is 4.79 Å². The second kappa shape index (κ2) is 5.77. The summed E-state index contributed by atoms with van der Waals surface area (Å²) in [4.78, 5) is 12.6. The molecule has 5 nitrogen and oxygen atoms in total. The van der Waals surface area contributed by atoms with E-state index in [9.17, 15) is 4.79 Å². The van der Waals surface area contributed by atoms with Crippen LogP contribution in [0.5, 0.6) is 11.5 Å². The first-order chi connectivity index (χ1) is 12.1. The Hall–Kier alpha value is -2.53. The molecule has 25 heavy (non-hydrogen) atoms. The Morgan fingerprint density at radius 2 is 2.16 bits per heavy atom. The second-order valence-electron chi connectivity index (χ2n) is 6.50. The molecule has 0 saturated carbocycles. The van der Waals surface area contributed by atoms with Gasteiger partial charge in [0.15, 0.2) is 22.9 Å². The van der Waals surface area contributed by atoms with Crippen LogP contribution < -0.4 is 9.47 Å². The minimum Gasteiger partial charge on any atom is -0.485 e. The summed E-state index contributed by atoms with van der Waals surface area (Å²) in [6, 6.07) is 5.81. The van der Waals surface area contributed by atoms with Crippen molar-refractivity contribution in [1.29, 1.82) is 0 Å². The highest BCUT2D eigenvalue weighted by atomic mass is 16.7. The molecular weight excluding hydrogens is 320 g/mol. The topological polar surface area (TPSA) is 54.0 Å². The number of rotatable bonds is 4. The third-order valence-electron chi connectivity index (χ3n) is 5.09. The number of fused-ring (bicyclic) bond motifs is 2. The van der Waals surface area contributed by atoms with Gasteiger partial charge in [0.25, 0.3) is 0 Å². The predicted molar refractivity (Wildman–Crippen MR) is 91.3 cm³/mol. The number of carbonyl (C=O) groups is 1. The number of carbonyl (C=O) groups excluding carboxylic acids is 1. The SMILES string of the molecule is C=CC[C@]1(OC)C=C2C(=CC1=O)O[C@H](c1ccc3c(c1)OCO3)[C@H]2C. The van der Waals surface area contributed by atoms with Gasteiger partial charge in [-0.15, -0.1) is 6.58 Å². The van der Waals surface area contributed by atoms with E-state index in [1.165, 1.54) is 0 Å². The Balaban J connectivity index is 1.70. The van der Waals surface area contributed by atoms with Crippen LogP contribution in [-0.2, 0) is 14.3 Å². The lowest BCUT2D eigenvalue weighted by atomic mass is 9.82. The summed E-state index contributed by atoms with van der Waals surface area (Å²) in [5, 5.41) is 0. The molecule has 1 saturated heterocycles. The summed E-state index contributed by atoms with van der Waals surface area (Å²) in [5.41, 5.74) is 1.00. The average molecular weight is 340 g/mol. The van der Waals surface area contributed by atoms with Crippen LogP contribution in [0.3, 0.4) is 0 Å². The van der Waals surface area contributed by atoms with Crippen LogP contribution in [0.2, 0.25) is 0 Å². The molecule has 0 amide bonds. The highest BCUT2D eigenvalue weighted by Crippen LogP contribution is 2.48. The maximum absolute atomic E-state index is 12.6. The maximum Gasteiger partial charge on any atom is 0.231 e. The van der Waals surface area contributed by atoms with Crippen molar-refractivity contribution in [3.8, 4) is 11.5 Å². The minimum absolute atomic E-state index is 0.0825. The van der Waals surface area contributed by atoms with Gasteiger partial charge in [0.1, 0.15) is 11.9 Å². The van der Waals surface area contributed by atoms with Gasteiger partial charge in [-0.1, -0.05) is 19.1 Å². The molecule has 1 aliphatic carbocycles. The Labute approximate surface area is 146 Å². The van der Waals surface area contributed by atoms with Crippen molar-refractivity contribution in [3.63, 3.8) is 0 Å². The molecular formula is C20H20O5. The van der Waals surface area contributed by atoms with Crippen molar-refractivity contribution >= 4 is 5.78 Å². The first kappa shape index (κ1) is 16.0. The van der Waals surface area contributed by atoms with E-state index in [1.807, 2.05) is 24.3 Å². The Morgan fingerprint density at radius 3 is 2.92 bits per heavy atom. The first-order valence-electron chi connectivity index (χ1n) is 8.29. The lowest BCUT2D eigenvalue weighted by Crippen LogP contribution is -2.39. The fraction of sp³-hybridized carbons (Fsp3) is 0.350. The molecule has 1 aromatic rings. The molecule has 4 rings (SSSR count). The number of ether oxygens (including phenoxy) is 4. The third kappa shape index (κ3) is 2.38. The van der Waals surface area contributed by atoms with Crippen LogP contribution in [0.4, 0.5) is 0 Å². The van der Waals surface area contributed by atoms with Crippen molar-refractivity contribution in [2.24, 2.45) is 5.92 Å². The molecule has 0 aromatic heterocycles. The van der Waals surface area contributed by atoms with Crippen molar-refractivity contribution < 1.29 is 23.7 Å². The van der Waals surface area contributed by atoms with Gasteiger partial charge in [0.2, 0.25) is 6.79 Å². The van der Waals surface area contributed by atoms with Crippen molar-refractivity contribution in [1.82, 2.24) is 0 Å². The van der Waals surface area contributed by atoms with Gasteiger partial charge >= 0.3 is 0 Å². The highest BCUT2D eigenvalue weighted by molar-refractivity contribution is 6.01. The van der Waals surface area contributed by atoms with Crippen molar-refractivity contribution in [2.45, 2.75) is 25.0 Å². The van der Waals surface area contributed by atoms with Crippen LogP contribution >= 0.6 is 0 Å². The molecule has 2 aliphatic heterocycles. The highest BCUT2D eigenvalue weighted by Gasteiger charge is 2.45. The number of hydrogen-bond acceptors (Lipinski definition) is 5. The van der Waals surface area contributed by atoms with Crippen LogP contribution in [-0.4, -0.2) is 25.3 Å². The smallest absolute Gasteiger partial charge is 0.231 e. The zero-order valence-corrected chi connectivity index (χ0v) is 14.3. The standard InChI is InChI=1S/C20H20O5/c1-4-7-20(22-3)10-14-12(2)19(25-16(14)9-18(20)21)13-5-6-15-17(8-13)24-11-23-15/h4-6,8-10,12,19H,1,7,11H2,2-3H3/t12-,19-,20-/m0/s1. The minimum atomic E-state index is -0.984. The molecule has 130 valence electrons.